The van der Waals surface area contributed by atoms with Crippen molar-refractivity contribution in [1.29, 1.82) is 5.26 Å². The second-order valence-corrected chi connectivity index (χ2v) is 5.98. The van der Waals surface area contributed by atoms with Crippen molar-refractivity contribution in [3.8, 4) is 29.0 Å². The van der Waals surface area contributed by atoms with Crippen LogP contribution in [0.1, 0.15) is 5.56 Å². The molecule has 1 N–H and O–H groups in total. The molecule has 0 spiro atoms. The predicted molar refractivity (Wildman–Crippen MR) is 101 cm³/mol. The molecule has 10 heteroatoms. The van der Waals surface area contributed by atoms with E-state index in [9.17, 15) is 4.79 Å². The van der Waals surface area contributed by atoms with Crippen LogP contribution in [0.15, 0.2) is 36.4 Å². The lowest BCUT2D eigenvalue weighted by molar-refractivity contribution is -0.117. The van der Waals surface area contributed by atoms with Crippen LogP contribution in [-0.4, -0.2) is 40.3 Å². The Kier molecular flexibility index (Phi) is 5.72. The van der Waals surface area contributed by atoms with Crippen molar-refractivity contribution in [3.63, 3.8) is 0 Å². The van der Waals surface area contributed by atoms with Gasteiger partial charge in [-0.1, -0.05) is 11.6 Å². The number of benzene rings is 2. The van der Waals surface area contributed by atoms with Gasteiger partial charge in [0, 0.05) is 11.3 Å². The number of nitrogens with zero attached hydrogens (tertiary/aromatic N) is 5. The summed E-state index contributed by atoms with van der Waals surface area (Å²) in [5.74, 6) is 1.10. The van der Waals surface area contributed by atoms with Gasteiger partial charge in [0.2, 0.25) is 11.7 Å². The van der Waals surface area contributed by atoms with Crippen molar-refractivity contribution < 1.29 is 14.3 Å². The van der Waals surface area contributed by atoms with E-state index in [1.54, 1.807) is 31.4 Å². The minimum Gasteiger partial charge on any atom is -0.493 e. The first-order chi connectivity index (χ1) is 13.5. The van der Waals surface area contributed by atoms with Crippen LogP contribution < -0.4 is 14.8 Å². The van der Waals surface area contributed by atoms with Crippen molar-refractivity contribution in [2.45, 2.75) is 6.54 Å². The Bertz CT molecular complexity index is 1060. The average molecular weight is 399 g/mol. The lowest BCUT2D eigenvalue weighted by atomic mass is 10.2. The fraction of sp³-hybridized carbons (Fsp3) is 0.167. The summed E-state index contributed by atoms with van der Waals surface area (Å²) in [5, 5.41) is 23.9. The lowest BCUT2D eigenvalue weighted by Crippen LogP contribution is -2.20. The number of carbonyl (C=O) groups is 1. The third-order valence-electron chi connectivity index (χ3n) is 3.75. The highest BCUT2D eigenvalue weighted by Gasteiger charge is 2.13. The van der Waals surface area contributed by atoms with Gasteiger partial charge in [-0.15, -0.1) is 10.2 Å². The molecule has 0 aliphatic heterocycles. The first-order valence-electron chi connectivity index (χ1n) is 8.03. The second kappa shape index (κ2) is 8.37. The summed E-state index contributed by atoms with van der Waals surface area (Å²) in [4.78, 5) is 13.4. The molecule has 0 unspecified atom stereocenters. The molecular weight excluding hydrogens is 384 g/mol. The van der Waals surface area contributed by atoms with E-state index in [-0.39, 0.29) is 17.5 Å². The second-order valence-electron chi connectivity index (χ2n) is 5.57. The quantitative estimate of drug-likeness (QED) is 0.678. The number of nitriles is 1. The van der Waals surface area contributed by atoms with Crippen molar-refractivity contribution in [1.82, 2.24) is 20.2 Å². The Morgan fingerprint density at radius 2 is 2.00 bits per heavy atom. The van der Waals surface area contributed by atoms with Gasteiger partial charge in [0.15, 0.2) is 11.5 Å². The van der Waals surface area contributed by atoms with Gasteiger partial charge in [0.1, 0.15) is 12.6 Å². The highest BCUT2D eigenvalue weighted by atomic mass is 35.5. The Hall–Kier alpha value is -3.64. The molecule has 0 bridgehead atoms. The molecule has 28 heavy (non-hydrogen) atoms. The fourth-order valence-corrected chi connectivity index (χ4v) is 2.64. The molecule has 0 fully saturated rings. The molecule has 2 aromatic carbocycles. The fourth-order valence-electron chi connectivity index (χ4n) is 2.41. The summed E-state index contributed by atoms with van der Waals surface area (Å²) in [6.45, 7) is -0.141. The number of nitrogens with one attached hydrogen (secondary N) is 1. The summed E-state index contributed by atoms with van der Waals surface area (Å²) < 4.78 is 10.5. The monoisotopic (exact) mass is 398 g/mol. The largest absolute Gasteiger partial charge is 0.493 e. The number of aromatic nitrogens is 4. The van der Waals surface area contributed by atoms with Crippen LogP contribution in [0.2, 0.25) is 5.02 Å². The molecule has 0 radical (unpaired) electrons. The number of carbonyl (C=O) groups excluding carboxylic acids is 1. The summed E-state index contributed by atoms with van der Waals surface area (Å²) in [7, 11) is 3.08. The molecule has 0 saturated heterocycles. The average Bonchev–Trinajstić information content (AvgIpc) is 3.15. The zero-order valence-corrected chi connectivity index (χ0v) is 15.8. The molecule has 0 aliphatic carbocycles. The maximum atomic E-state index is 12.2. The zero-order chi connectivity index (χ0) is 20.1. The predicted octanol–water partition coefficient (Wildman–Crippen LogP) is 2.52. The van der Waals surface area contributed by atoms with E-state index in [0.29, 0.717) is 34.1 Å². The van der Waals surface area contributed by atoms with Gasteiger partial charge < -0.3 is 14.8 Å². The molecule has 9 nitrogen and oxygen atoms in total. The molecule has 1 aromatic heterocycles. The van der Waals surface area contributed by atoms with E-state index in [0.717, 1.165) is 0 Å². The summed E-state index contributed by atoms with van der Waals surface area (Å²) in [5.41, 5.74) is 1.47. The van der Waals surface area contributed by atoms with Gasteiger partial charge in [0.05, 0.1) is 24.8 Å². The van der Waals surface area contributed by atoms with Crippen LogP contribution in [0.25, 0.3) is 11.4 Å². The Morgan fingerprint density at radius 1 is 1.21 bits per heavy atom. The van der Waals surface area contributed by atoms with E-state index < -0.39 is 0 Å². The third kappa shape index (κ3) is 4.19. The van der Waals surface area contributed by atoms with Gasteiger partial charge in [0.25, 0.3) is 0 Å². The normalized spacial score (nSPS) is 10.2. The third-order valence-corrected chi connectivity index (χ3v) is 4.07. The van der Waals surface area contributed by atoms with E-state index in [1.807, 2.05) is 6.07 Å². The highest BCUT2D eigenvalue weighted by molar-refractivity contribution is 6.32. The number of hydrogen-bond acceptors (Lipinski definition) is 7. The van der Waals surface area contributed by atoms with E-state index >= 15 is 0 Å². The Labute approximate surface area is 165 Å². The number of anilines is 1. The molecule has 0 saturated carbocycles. The van der Waals surface area contributed by atoms with Crippen molar-refractivity contribution >= 4 is 23.2 Å². The molecule has 0 atom stereocenters. The van der Waals surface area contributed by atoms with Crippen LogP contribution in [-0.2, 0) is 11.3 Å². The molecular formula is C18H15ClN6O3. The number of hydrogen-bond donors (Lipinski definition) is 1. The van der Waals surface area contributed by atoms with Gasteiger partial charge in [-0.05, 0) is 41.6 Å². The molecule has 142 valence electrons. The van der Waals surface area contributed by atoms with Crippen LogP contribution in [0.3, 0.4) is 0 Å². The summed E-state index contributed by atoms with van der Waals surface area (Å²) >= 11 is 5.96. The number of methoxy groups -OCH3 is 2. The number of ether oxygens (including phenoxy) is 2. The van der Waals surface area contributed by atoms with Crippen molar-refractivity contribution in [3.05, 3.63) is 47.0 Å². The number of halogens is 1. The molecule has 1 amide bonds. The Balaban J connectivity index is 1.70. The van der Waals surface area contributed by atoms with Crippen molar-refractivity contribution in [2.24, 2.45) is 0 Å². The molecule has 3 aromatic rings. The SMILES string of the molecule is COc1ccc(-c2nnn(CC(=O)Nc3ccc(C#N)c(Cl)c3)n2)cc1OC. The Morgan fingerprint density at radius 3 is 2.68 bits per heavy atom. The molecule has 1 heterocycles. The van der Waals surface area contributed by atoms with Crippen LogP contribution in [0.5, 0.6) is 11.5 Å². The number of amides is 1. The van der Waals surface area contributed by atoms with Crippen molar-refractivity contribution in [2.75, 3.05) is 19.5 Å². The van der Waals surface area contributed by atoms with Crippen LogP contribution in [0.4, 0.5) is 5.69 Å². The first kappa shape index (κ1) is 19.1. The van der Waals surface area contributed by atoms with E-state index in [4.69, 9.17) is 26.3 Å². The van der Waals surface area contributed by atoms with E-state index in [1.165, 1.54) is 24.0 Å². The van der Waals surface area contributed by atoms with Crippen LogP contribution in [0, 0.1) is 11.3 Å². The van der Waals surface area contributed by atoms with Gasteiger partial charge in [-0.3, -0.25) is 4.79 Å². The number of rotatable bonds is 6. The minimum atomic E-state index is -0.364. The van der Waals surface area contributed by atoms with E-state index in [2.05, 4.69) is 20.7 Å². The van der Waals surface area contributed by atoms with Gasteiger partial charge in [-0.25, -0.2) is 0 Å². The maximum Gasteiger partial charge on any atom is 0.248 e. The van der Waals surface area contributed by atoms with Gasteiger partial charge in [-0.2, -0.15) is 10.1 Å². The van der Waals surface area contributed by atoms with Crippen LogP contribution >= 0.6 is 11.6 Å². The topological polar surface area (TPSA) is 115 Å². The maximum absolute atomic E-state index is 12.2. The highest BCUT2D eigenvalue weighted by Crippen LogP contribution is 2.30. The lowest BCUT2D eigenvalue weighted by Gasteiger charge is -2.07. The van der Waals surface area contributed by atoms with Gasteiger partial charge >= 0.3 is 0 Å². The smallest absolute Gasteiger partial charge is 0.248 e. The summed E-state index contributed by atoms with van der Waals surface area (Å²) in [6.07, 6.45) is 0. The zero-order valence-electron chi connectivity index (χ0n) is 15.0. The summed E-state index contributed by atoms with van der Waals surface area (Å²) in [6, 6.07) is 11.8. The number of tetrazole rings is 1. The molecule has 0 aliphatic rings. The molecule has 3 rings (SSSR count). The standard InChI is InChI=1S/C18H15ClN6O3/c1-27-15-6-4-11(7-16(15)28-2)18-22-24-25(23-18)10-17(26)21-13-5-3-12(9-20)14(19)8-13/h3-8H,10H2,1-2H3,(H,21,26). The first-order valence-corrected chi connectivity index (χ1v) is 8.41. The minimum absolute atomic E-state index is 0.141.